The van der Waals surface area contributed by atoms with E-state index in [1.165, 1.54) is 36.4 Å². The van der Waals surface area contributed by atoms with Crippen LogP contribution in [0.15, 0.2) is 248 Å². The van der Waals surface area contributed by atoms with Gasteiger partial charge in [0.25, 0.3) is 0 Å². The van der Waals surface area contributed by atoms with E-state index in [2.05, 4.69) is 60.9 Å². The fourth-order valence-electron chi connectivity index (χ4n) is 7.92. The summed E-state index contributed by atoms with van der Waals surface area (Å²) in [4.78, 5) is 71.4. The number of rotatable bonds is 24. The molecule has 0 unspecified atom stereocenters. The minimum atomic E-state index is -1.05. The van der Waals surface area contributed by atoms with Crippen LogP contribution in [0.5, 0.6) is 34.5 Å². The van der Waals surface area contributed by atoms with E-state index in [-0.39, 0.29) is 121 Å². The predicted octanol–water partition coefficient (Wildman–Crippen LogP) is 12.1. The SMILES string of the molecule is O=C(O)c1ccc(Nc2nc(Nc3ccc(C(=O)O)cc3)nc(Nc3ccc(C(=O)O)cc3)n2)cc1.Oc1ccccc1C=NCCN=Cc1ccccc1O.Oc1ccccc1C=NCCN=Cc1ccccc1O.Oc1ccccc1C=NCCN=Cc1ccccc1O.[Cr].[Cr].[Cr]. The second-order valence-corrected chi connectivity index (χ2v) is 19.9. The van der Waals surface area contributed by atoms with E-state index < -0.39 is 17.9 Å². The molecule has 9 aromatic carbocycles. The van der Waals surface area contributed by atoms with Crippen molar-refractivity contribution in [3.05, 3.63) is 268 Å². The van der Waals surface area contributed by atoms with Crippen molar-refractivity contribution >= 4 is 90.1 Å². The van der Waals surface area contributed by atoms with Crippen LogP contribution >= 0.6 is 0 Å². The third kappa shape index (κ3) is 28.2. The summed E-state index contributed by atoms with van der Waals surface area (Å²) in [6, 6.07) is 60.1. The van der Waals surface area contributed by atoms with Crippen LogP contribution in [0.1, 0.15) is 64.5 Å². The second kappa shape index (κ2) is 43.3. The van der Waals surface area contributed by atoms with Gasteiger partial charge in [-0.05, 0) is 146 Å². The van der Waals surface area contributed by atoms with Crippen LogP contribution in [0.3, 0.4) is 0 Å². The van der Waals surface area contributed by atoms with Gasteiger partial charge in [-0.25, -0.2) is 14.4 Å². The number of phenolic OH excluding ortho intramolecular Hbond substituents is 6. The summed E-state index contributed by atoms with van der Waals surface area (Å²) in [5.74, 6) is -1.48. The number of nitrogens with one attached hydrogen (secondary N) is 3. The number of carboxylic acids is 3. The molecule has 1 aromatic heterocycles. The Kier molecular flexibility index (Phi) is 34.9. The molecule has 12 N–H and O–H groups in total. The van der Waals surface area contributed by atoms with E-state index in [0.29, 0.717) is 89.7 Å². The van der Waals surface area contributed by atoms with Crippen molar-refractivity contribution in [1.29, 1.82) is 0 Å². The van der Waals surface area contributed by atoms with Crippen molar-refractivity contribution < 1.29 is 112 Å². The van der Waals surface area contributed by atoms with Crippen molar-refractivity contribution in [3.63, 3.8) is 0 Å². The van der Waals surface area contributed by atoms with Crippen LogP contribution in [-0.2, 0) is 52.1 Å². The van der Waals surface area contributed by atoms with E-state index in [0.717, 1.165) is 0 Å². The number of hydrogen-bond donors (Lipinski definition) is 12. The van der Waals surface area contributed by atoms with Crippen molar-refractivity contribution in [3.8, 4) is 34.5 Å². The number of aromatic hydroxyl groups is 6. The van der Waals surface area contributed by atoms with Gasteiger partial charge in [0.1, 0.15) is 34.5 Å². The van der Waals surface area contributed by atoms with Crippen LogP contribution in [-0.4, -0.2) is 155 Å². The van der Waals surface area contributed by atoms with Crippen LogP contribution in [0, 0.1) is 0 Å². The number of aromatic nitrogens is 3. The Bertz CT molecular complexity index is 3760. The first-order chi connectivity index (χ1) is 46.6. The van der Waals surface area contributed by atoms with Gasteiger partial charge in [-0.2, -0.15) is 15.0 Å². The topological polar surface area (TPSA) is 382 Å². The molecule has 0 atom stereocenters. The number of aliphatic imine (C=N–C) groups is 6. The molecule has 0 bridgehead atoms. The molecule has 0 aliphatic heterocycles. The Hall–Kier alpha value is -11.8. The summed E-state index contributed by atoms with van der Waals surface area (Å²) >= 11 is 0. The number of anilines is 6. The zero-order chi connectivity index (χ0) is 68.3. The van der Waals surface area contributed by atoms with E-state index in [4.69, 9.17) is 15.3 Å². The second-order valence-electron chi connectivity index (χ2n) is 19.9. The number of aromatic carboxylic acids is 3. The van der Waals surface area contributed by atoms with Crippen LogP contribution in [0.25, 0.3) is 0 Å². The Morgan fingerprint density at radius 3 is 0.586 bits per heavy atom. The van der Waals surface area contributed by atoms with Crippen LogP contribution in [0.2, 0.25) is 0 Å². The molecule has 10 aromatic rings. The number of carboxylic acid groups (broad SMARTS) is 3. The molecule has 504 valence electrons. The summed E-state index contributed by atoms with van der Waals surface area (Å²) in [5.41, 5.74) is 6.10. The Morgan fingerprint density at radius 1 is 0.273 bits per heavy atom. The smallest absolute Gasteiger partial charge is 0.335 e. The number of benzene rings is 9. The molecule has 99 heavy (non-hydrogen) atoms. The van der Waals surface area contributed by atoms with Gasteiger partial charge in [-0.3, -0.25) is 30.0 Å². The van der Waals surface area contributed by atoms with Crippen LogP contribution in [0.4, 0.5) is 34.9 Å². The van der Waals surface area contributed by atoms with Crippen molar-refractivity contribution in [1.82, 2.24) is 15.0 Å². The Labute approximate surface area is 601 Å². The summed E-state index contributed by atoms with van der Waals surface area (Å²) in [7, 11) is 0. The number of hydrogen-bond acceptors (Lipinski definition) is 21. The molecule has 0 aliphatic carbocycles. The predicted molar refractivity (Wildman–Crippen MR) is 373 cm³/mol. The summed E-state index contributed by atoms with van der Waals surface area (Å²) in [6.07, 6.45) is 9.78. The molecule has 24 nitrogen and oxygen atoms in total. The monoisotopic (exact) mass is 1450 g/mol. The number of phenols is 6. The first kappa shape index (κ1) is 79.7. The molecule has 1 heterocycles. The van der Waals surface area contributed by atoms with Gasteiger partial charge < -0.3 is 61.9 Å². The van der Waals surface area contributed by atoms with Gasteiger partial charge in [0.05, 0.1) is 56.0 Å². The largest absolute Gasteiger partial charge is 0.507 e. The Morgan fingerprint density at radius 2 is 0.434 bits per heavy atom. The molecule has 0 radical (unpaired) electrons. The van der Waals surface area contributed by atoms with Gasteiger partial charge >= 0.3 is 17.9 Å². The number of carbonyl (C=O) groups is 3. The number of nitrogens with zero attached hydrogens (tertiary/aromatic N) is 9. The van der Waals surface area contributed by atoms with Crippen molar-refractivity contribution in [2.45, 2.75) is 0 Å². The minimum absolute atomic E-state index is 0. The summed E-state index contributed by atoms with van der Waals surface area (Å²) < 4.78 is 0. The fourth-order valence-corrected chi connectivity index (χ4v) is 7.92. The molecule has 0 spiro atoms. The molecule has 0 fully saturated rings. The third-order valence-electron chi connectivity index (χ3n) is 12.9. The van der Waals surface area contributed by atoms with E-state index >= 15 is 0 Å². The van der Waals surface area contributed by atoms with E-state index in [1.54, 1.807) is 183 Å². The standard InChI is InChI=1S/C24H18N6O6.3C16H16N2O2.3Cr/c31-19(32)13-1-7-16(8-2-13)25-22-28-23(26-17-9-3-14(4-10-17)20(33)34)30-24(29-22)27-18-11-5-15(6-12-18)21(35)36;3*19-15-7-3-1-5-13(15)11-17-9-10-18-12-14-6-2-4-8-16(14)20;;;/h1-12H,(H,31,32)(H,33,34)(H,35,36)(H3,25,26,27,28,29,30);3*1-8,11-12,19-20H,9-10H2;;;. The summed E-state index contributed by atoms with van der Waals surface area (Å²) in [5, 5.41) is 93.4. The zero-order valence-electron chi connectivity index (χ0n) is 52.5. The quantitative estimate of drug-likeness (QED) is 0.0197. The summed E-state index contributed by atoms with van der Waals surface area (Å²) in [6.45, 7) is 3.16. The normalized spacial score (nSPS) is 10.7. The Balaban J connectivity index is 0.000000289. The average Bonchev–Trinajstić information content (AvgIpc) is 0.840. The first-order valence-corrected chi connectivity index (χ1v) is 29.3. The van der Waals surface area contributed by atoms with Crippen molar-refractivity contribution in [2.75, 3.05) is 55.2 Å². The van der Waals surface area contributed by atoms with Gasteiger partial charge in [0.15, 0.2) is 0 Å². The maximum atomic E-state index is 11.1. The van der Waals surface area contributed by atoms with Gasteiger partial charge in [0, 0.05) is 140 Å². The molecule has 0 aliphatic rings. The van der Waals surface area contributed by atoms with E-state index in [1.807, 2.05) is 36.4 Å². The van der Waals surface area contributed by atoms with Gasteiger partial charge in [-0.15, -0.1) is 0 Å². The first-order valence-electron chi connectivity index (χ1n) is 29.3. The van der Waals surface area contributed by atoms with Gasteiger partial charge in [0.2, 0.25) is 17.8 Å². The zero-order valence-corrected chi connectivity index (χ0v) is 56.3. The van der Waals surface area contributed by atoms with Crippen LogP contribution < -0.4 is 16.0 Å². The minimum Gasteiger partial charge on any atom is -0.507 e. The molecule has 10 rings (SSSR count). The maximum absolute atomic E-state index is 11.1. The molecule has 27 heteroatoms. The molecule has 0 saturated heterocycles. The molecular formula is C72H66Cr3N12O12. The van der Waals surface area contributed by atoms with Gasteiger partial charge in [-0.1, -0.05) is 72.8 Å². The third-order valence-corrected chi connectivity index (χ3v) is 12.9. The van der Waals surface area contributed by atoms with E-state index in [9.17, 15) is 45.0 Å². The molecular weight excluding hydrogens is 1380 g/mol. The fraction of sp³-hybridized carbons (Fsp3) is 0.0833. The van der Waals surface area contributed by atoms with Crippen molar-refractivity contribution in [2.24, 2.45) is 30.0 Å². The molecule has 0 amide bonds. The number of para-hydroxylation sites is 6. The molecule has 0 saturated carbocycles. The maximum Gasteiger partial charge on any atom is 0.335 e. The average molecular weight is 1450 g/mol.